The fourth-order valence-corrected chi connectivity index (χ4v) is 5.20. The van der Waals surface area contributed by atoms with Gasteiger partial charge in [-0.05, 0) is 67.4 Å². The normalized spacial score (nSPS) is 16.3. The molecule has 0 aliphatic carbocycles. The van der Waals surface area contributed by atoms with Crippen LogP contribution in [0.5, 0.6) is 0 Å². The maximum Gasteiger partial charge on any atom is 0.292 e. The van der Waals surface area contributed by atoms with Gasteiger partial charge in [-0.25, -0.2) is 0 Å². The molecule has 36 heavy (non-hydrogen) atoms. The summed E-state index contributed by atoms with van der Waals surface area (Å²) in [6, 6.07) is 10.4. The van der Waals surface area contributed by atoms with E-state index >= 15 is 0 Å². The number of amides is 1. The van der Waals surface area contributed by atoms with Crippen LogP contribution in [0.1, 0.15) is 24.8 Å². The van der Waals surface area contributed by atoms with Crippen LogP contribution in [0.2, 0.25) is 10.0 Å². The van der Waals surface area contributed by atoms with Gasteiger partial charge in [0.1, 0.15) is 5.69 Å². The standard InChI is InChI=1S/C25H27Cl2N5O3S/c26-19-6-4-18(21(27)16-19)5-9-24(33)28-25(36)31-14-12-29(13-15-31)20-7-8-22(32(34)35)23(17-20)30-10-2-1-3-11-30/h4-9,16-17H,1-3,10-15H2,(H,28,33,36)/b9-5+. The zero-order valence-electron chi connectivity index (χ0n) is 19.7. The van der Waals surface area contributed by atoms with Crippen LogP contribution in [-0.4, -0.2) is 60.1 Å². The summed E-state index contributed by atoms with van der Waals surface area (Å²) in [5, 5.41) is 15.7. The van der Waals surface area contributed by atoms with Gasteiger partial charge < -0.3 is 14.7 Å². The maximum absolute atomic E-state index is 12.4. The van der Waals surface area contributed by atoms with Crippen LogP contribution < -0.4 is 15.1 Å². The highest BCUT2D eigenvalue weighted by atomic mass is 35.5. The summed E-state index contributed by atoms with van der Waals surface area (Å²) in [6.07, 6.45) is 6.25. The first-order chi connectivity index (χ1) is 17.3. The Balaban J connectivity index is 1.34. The number of carbonyl (C=O) groups is 1. The van der Waals surface area contributed by atoms with Crippen molar-refractivity contribution in [2.24, 2.45) is 0 Å². The van der Waals surface area contributed by atoms with E-state index < -0.39 is 0 Å². The summed E-state index contributed by atoms with van der Waals surface area (Å²) in [6.45, 7) is 4.30. The molecule has 0 unspecified atom stereocenters. The van der Waals surface area contributed by atoms with Gasteiger partial charge in [-0.2, -0.15) is 0 Å². The van der Waals surface area contributed by atoms with Gasteiger partial charge in [-0.15, -0.1) is 0 Å². The van der Waals surface area contributed by atoms with Crippen molar-refractivity contribution < 1.29 is 9.72 Å². The number of nitrogens with one attached hydrogen (secondary N) is 1. The minimum Gasteiger partial charge on any atom is -0.368 e. The highest BCUT2D eigenvalue weighted by Crippen LogP contribution is 2.34. The molecule has 0 spiro atoms. The monoisotopic (exact) mass is 547 g/mol. The molecule has 1 N–H and O–H groups in total. The van der Waals surface area contributed by atoms with Gasteiger partial charge in [0.2, 0.25) is 5.91 Å². The predicted octanol–water partition coefficient (Wildman–Crippen LogP) is 5.13. The lowest BCUT2D eigenvalue weighted by atomic mass is 10.1. The Morgan fingerprint density at radius 3 is 2.36 bits per heavy atom. The van der Waals surface area contributed by atoms with Crippen molar-refractivity contribution in [3.63, 3.8) is 0 Å². The second-order valence-electron chi connectivity index (χ2n) is 8.75. The summed E-state index contributed by atoms with van der Waals surface area (Å²) >= 11 is 17.5. The first kappa shape index (κ1) is 26.2. The van der Waals surface area contributed by atoms with Gasteiger partial charge >= 0.3 is 0 Å². The Morgan fingerprint density at radius 1 is 0.972 bits per heavy atom. The minimum absolute atomic E-state index is 0.149. The topological polar surface area (TPSA) is 82.0 Å². The number of piperazine rings is 1. The number of nitrogens with zero attached hydrogens (tertiary/aromatic N) is 4. The van der Waals surface area contributed by atoms with Crippen molar-refractivity contribution in [1.29, 1.82) is 0 Å². The quantitative estimate of drug-likeness (QED) is 0.240. The van der Waals surface area contributed by atoms with E-state index in [1.807, 2.05) is 17.0 Å². The second-order valence-corrected chi connectivity index (χ2v) is 9.98. The zero-order valence-corrected chi connectivity index (χ0v) is 22.0. The number of piperidine rings is 1. The number of benzene rings is 2. The van der Waals surface area contributed by atoms with Crippen LogP contribution in [-0.2, 0) is 4.79 Å². The molecule has 2 aliphatic heterocycles. The van der Waals surface area contributed by atoms with Crippen LogP contribution in [0.15, 0.2) is 42.5 Å². The predicted molar refractivity (Wildman–Crippen MR) is 149 cm³/mol. The number of nitro groups is 1. The molecule has 2 aliphatic rings. The fraction of sp³-hybridized carbons (Fsp3) is 0.360. The molecule has 8 nitrogen and oxygen atoms in total. The van der Waals surface area contributed by atoms with E-state index in [-0.39, 0.29) is 16.5 Å². The summed E-state index contributed by atoms with van der Waals surface area (Å²) < 4.78 is 0. The molecule has 0 aromatic heterocycles. The number of hydrogen-bond donors (Lipinski definition) is 1. The van der Waals surface area contributed by atoms with Gasteiger partial charge in [0, 0.05) is 67.1 Å². The average molecular weight is 548 g/mol. The van der Waals surface area contributed by atoms with Crippen molar-refractivity contribution >= 4 is 69.6 Å². The number of carbonyl (C=O) groups excluding carboxylic acids is 1. The maximum atomic E-state index is 12.4. The van der Waals surface area contributed by atoms with Crippen LogP contribution >= 0.6 is 35.4 Å². The van der Waals surface area contributed by atoms with E-state index in [1.54, 1.807) is 30.3 Å². The number of rotatable bonds is 5. The van der Waals surface area contributed by atoms with E-state index in [2.05, 4.69) is 15.1 Å². The Labute approximate surface area is 225 Å². The van der Waals surface area contributed by atoms with Crippen molar-refractivity contribution in [1.82, 2.24) is 10.2 Å². The van der Waals surface area contributed by atoms with Crippen molar-refractivity contribution in [2.45, 2.75) is 19.3 Å². The van der Waals surface area contributed by atoms with Gasteiger partial charge in [-0.3, -0.25) is 20.2 Å². The summed E-state index contributed by atoms with van der Waals surface area (Å²) in [7, 11) is 0. The van der Waals surface area contributed by atoms with Crippen LogP contribution in [0, 0.1) is 10.1 Å². The van der Waals surface area contributed by atoms with Crippen molar-refractivity contribution in [2.75, 3.05) is 49.1 Å². The third-order valence-corrected chi connectivity index (χ3v) is 7.31. The number of anilines is 2. The lowest BCUT2D eigenvalue weighted by Gasteiger charge is -2.37. The largest absolute Gasteiger partial charge is 0.368 e. The molecule has 0 atom stereocenters. The molecular formula is C25H27Cl2N5O3S. The number of halogens is 2. The van der Waals surface area contributed by atoms with Gasteiger partial charge in [-0.1, -0.05) is 29.3 Å². The second kappa shape index (κ2) is 11.9. The third kappa shape index (κ3) is 6.46. The fourth-order valence-electron chi connectivity index (χ4n) is 4.45. The average Bonchev–Trinajstić information content (AvgIpc) is 2.88. The smallest absolute Gasteiger partial charge is 0.292 e. The SMILES string of the molecule is O=C(/C=C/c1ccc(Cl)cc1Cl)NC(=S)N1CCN(c2ccc([N+](=O)[O-])c(N3CCCCC3)c2)CC1. The molecule has 1 amide bonds. The molecule has 2 aromatic rings. The van der Waals surface area contributed by atoms with Gasteiger partial charge in [0.05, 0.1) is 4.92 Å². The summed E-state index contributed by atoms with van der Waals surface area (Å²) in [4.78, 5) is 29.9. The van der Waals surface area contributed by atoms with Gasteiger partial charge in [0.25, 0.3) is 5.69 Å². The Kier molecular flexibility index (Phi) is 8.66. The molecule has 0 radical (unpaired) electrons. The molecule has 0 bridgehead atoms. The molecule has 190 valence electrons. The van der Waals surface area contributed by atoms with Crippen LogP contribution in [0.25, 0.3) is 6.08 Å². The highest BCUT2D eigenvalue weighted by molar-refractivity contribution is 7.80. The van der Waals surface area contributed by atoms with Crippen LogP contribution in [0.3, 0.4) is 0 Å². The molecular weight excluding hydrogens is 521 g/mol. The van der Waals surface area contributed by atoms with E-state index in [4.69, 9.17) is 35.4 Å². The third-order valence-electron chi connectivity index (χ3n) is 6.39. The molecule has 2 heterocycles. The minimum atomic E-state index is -0.338. The first-order valence-corrected chi connectivity index (χ1v) is 13.0. The van der Waals surface area contributed by atoms with E-state index in [1.165, 1.54) is 6.08 Å². The van der Waals surface area contributed by atoms with Crippen molar-refractivity contribution in [3.8, 4) is 0 Å². The molecule has 4 rings (SSSR count). The van der Waals surface area contributed by atoms with E-state index in [9.17, 15) is 14.9 Å². The lowest BCUT2D eigenvalue weighted by molar-refractivity contribution is -0.384. The first-order valence-electron chi connectivity index (χ1n) is 11.8. The van der Waals surface area contributed by atoms with Crippen LogP contribution in [0.4, 0.5) is 17.1 Å². The van der Waals surface area contributed by atoms with Gasteiger partial charge in [0.15, 0.2) is 5.11 Å². The molecule has 2 saturated heterocycles. The molecule has 11 heteroatoms. The lowest BCUT2D eigenvalue weighted by Crippen LogP contribution is -2.52. The molecule has 2 fully saturated rings. The Hall–Kier alpha value is -2.88. The number of hydrogen-bond acceptors (Lipinski definition) is 6. The molecule has 2 aromatic carbocycles. The number of nitro benzene ring substituents is 1. The Bertz CT molecular complexity index is 1180. The summed E-state index contributed by atoms with van der Waals surface area (Å²) in [5.74, 6) is -0.338. The Morgan fingerprint density at radius 2 is 1.69 bits per heavy atom. The zero-order chi connectivity index (χ0) is 25.7. The van der Waals surface area contributed by atoms with E-state index in [0.29, 0.717) is 52.6 Å². The van der Waals surface area contributed by atoms with E-state index in [0.717, 1.165) is 38.0 Å². The summed E-state index contributed by atoms with van der Waals surface area (Å²) in [5.41, 5.74) is 2.48. The highest BCUT2D eigenvalue weighted by Gasteiger charge is 2.25. The number of thiocarbonyl (C=S) groups is 1. The van der Waals surface area contributed by atoms with Crippen molar-refractivity contribution in [3.05, 3.63) is 68.2 Å². The molecule has 0 saturated carbocycles.